The molecule has 2 fully saturated rings. The van der Waals surface area contributed by atoms with Crippen molar-refractivity contribution in [1.82, 2.24) is 25.5 Å². The fourth-order valence-corrected chi connectivity index (χ4v) is 6.17. The van der Waals surface area contributed by atoms with Gasteiger partial charge in [-0.25, -0.2) is 4.39 Å². The number of rotatable bonds is 7. The van der Waals surface area contributed by atoms with Gasteiger partial charge in [0, 0.05) is 18.4 Å². The maximum Gasteiger partial charge on any atom is 0.416 e. The van der Waals surface area contributed by atoms with Gasteiger partial charge in [-0.15, -0.1) is 10.2 Å². The first-order valence-electron chi connectivity index (χ1n) is 13.5. The molecule has 0 spiro atoms. The highest BCUT2D eigenvalue weighted by Crippen LogP contribution is 2.45. The predicted octanol–water partition coefficient (Wildman–Crippen LogP) is 6.90. The fourth-order valence-electron chi connectivity index (χ4n) is 6.17. The molecule has 0 radical (unpaired) electrons. The molecule has 2 aliphatic rings. The van der Waals surface area contributed by atoms with E-state index in [2.05, 4.69) is 25.5 Å². The summed E-state index contributed by atoms with van der Waals surface area (Å²) in [5, 5.41) is 14.3. The van der Waals surface area contributed by atoms with Crippen molar-refractivity contribution in [3.8, 4) is 0 Å². The first-order valence-corrected chi connectivity index (χ1v) is 13.5. The number of aromatic nitrogens is 4. The molecule has 1 saturated heterocycles. The zero-order valence-electron chi connectivity index (χ0n) is 22.2. The van der Waals surface area contributed by atoms with Crippen molar-refractivity contribution in [2.45, 2.75) is 69.0 Å². The van der Waals surface area contributed by atoms with Crippen molar-refractivity contribution >= 4 is 0 Å². The van der Waals surface area contributed by atoms with E-state index in [-0.39, 0.29) is 29.4 Å². The van der Waals surface area contributed by atoms with E-state index in [4.69, 9.17) is 4.74 Å². The molecular weight excluding hydrogens is 555 g/mol. The molecule has 41 heavy (non-hydrogen) atoms. The molecule has 2 heterocycles. The summed E-state index contributed by atoms with van der Waals surface area (Å²) < 4.78 is 101. The normalized spacial score (nSPS) is 23.7. The van der Waals surface area contributed by atoms with E-state index in [9.17, 15) is 30.7 Å². The zero-order valence-corrected chi connectivity index (χ0v) is 22.2. The molecule has 2 aromatic carbocycles. The van der Waals surface area contributed by atoms with Crippen LogP contribution in [0, 0.1) is 11.7 Å². The van der Waals surface area contributed by atoms with Gasteiger partial charge in [-0.05, 0) is 93.1 Å². The number of alkyl halides is 6. The summed E-state index contributed by atoms with van der Waals surface area (Å²) in [5.41, 5.74) is -2.12. The average Bonchev–Trinajstić information content (AvgIpc) is 3.59. The van der Waals surface area contributed by atoms with Crippen LogP contribution in [0.3, 0.4) is 0 Å². The number of halogens is 7. The number of nitrogens with zero attached hydrogens (tertiary/aromatic N) is 4. The average molecular weight is 586 g/mol. The molecule has 1 aromatic heterocycles. The first kappa shape index (κ1) is 29.4. The summed E-state index contributed by atoms with van der Waals surface area (Å²) in [6.45, 7) is 3.83. The summed E-state index contributed by atoms with van der Waals surface area (Å²) in [4.78, 5) is 2.34. The lowest BCUT2D eigenvalue weighted by Crippen LogP contribution is -2.38. The summed E-state index contributed by atoms with van der Waals surface area (Å²) in [6.07, 6.45) is -8.34. The monoisotopic (exact) mass is 585 g/mol. The second-order valence-corrected chi connectivity index (χ2v) is 10.9. The maximum atomic E-state index is 13.8. The minimum absolute atomic E-state index is 0.103. The van der Waals surface area contributed by atoms with Gasteiger partial charge < -0.3 is 9.64 Å². The number of piperidine rings is 1. The number of tetrazole rings is 1. The molecule has 6 nitrogen and oxygen atoms in total. The van der Waals surface area contributed by atoms with Crippen molar-refractivity contribution in [2.24, 2.45) is 5.92 Å². The van der Waals surface area contributed by atoms with E-state index < -0.39 is 41.5 Å². The summed E-state index contributed by atoms with van der Waals surface area (Å²) in [6, 6.07) is 7.60. The minimum atomic E-state index is -4.94. The lowest BCUT2D eigenvalue weighted by atomic mass is 9.86. The molecule has 13 heteroatoms. The van der Waals surface area contributed by atoms with Crippen LogP contribution in [-0.2, 0) is 17.1 Å². The largest absolute Gasteiger partial charge is 0.416 e. The van der Waals surface area contributed by atoms with Crippen LogP contribution in [0.5, 0.6) is 0 Å². The van der Waals surface area contributed by atoms with E-state index in [1.807, 2.05) is 0 Å². The van der Waals surface area contributed by atoms with E-state index in [0.29, 0.717) is 24.4 Å². The molecule has 5 rings (SSSR count). The third-order valence-corrected chi connectivity index (χ3v) is 8.25. The highest BCUT2D eigenvalue weighted by molar-refractivity contribution is 5.35. The van der Waals surface area contributed by atoms with Crippen molar-refractivity contribution in [2.75, 3.05) is 19.6 Å². The number of nitrogens with one attached hydrogen (secondary N) is 1. The van der Waals surface area contributed by atoms with Crippen LogP contribution >= 0.6 is 0 Å². The molecule has 3 aromatic rings. The van der Waals surface area contributed by atoms with Crippen LogP contribution in [0.1, 0.15) is 78.6 Å². The Hall–Kier alpha value is -3.06. The van der Waals surface area contributed by atoms with E-state index >= 15 is 0 Å². The molecule has 0 bridgehead atoms. The lowest BCUT2D eigenvalue weighted by Gasteiger charge is -2.35. The molecule has 3 unspecified atom stereocenters. The SMILES string of the molecule is C[C@@H](OC1CCC(CN2CCC(c3nn[nH]n3)CC2)C1c1ccc(F)cc1)c1cc(C(F)(F)F)cc(C(F)(F)F)c1. The quantitative estimate of drug-likeness (QED) is 0.306. The van der Waals surface area contributed by atoms with Gasteiger partial charge in [0.15, 0.2) is 5.82 Å². The molecule has 1 aliphatic carbocycles. The van der Waals surface area contributed by atoms with Crippen molar-refractivity contribution in [1.29, 1.82) is 0 Å². The topological polar surface area (TPSA) is 66.9 Å². The van der Waals surface area contributed by atoms with Gasteiger partial charge in [0.1, 0.15) is 5.82 Å². The second kappa shape index (κ2) is 11.7. The van der Waals surface area contributed by atoms with Crippen molar-refractivity contribution < 1.29 is 35.5 Å². The number of hydrogen-bond acceptors (Lipinski definition) is 5. The van der Waals surface area contributed by atoms with Gasteiger partial charge in [0.2, 0.25) is 0 Å². The van der Waals surface area contributed by atoms with Crippen LogP contribution in [0.2, 0.25) is 0 Å². The zero-order chi connectivity index (χ0) is 29.4. The second-order valence-electron chi connectivity index (χ2n) is 10.9. The number of aromatic amines is 1. The number of likely N-dealkylation sites (tertiary alicyclic amines) is 1. The number of H-pyrrole nitrogens is 1. The van der Waals surface area contributed by atoms with E-state index in [1.54, 1.807) is 12.1 Å². The Morgan fingerprint density at radius 3 is 2.12 bits per heavy atom. The summed E-state index contributed by atoms with van der Waals surface area (Å²) in [7, 11) is 0. The highest BCUT2D eigenvalue weighted by Gasteiger charge is 2.41. The molecule has 222 valence electrons. The van der Waals surface area contributed by atoms with Crippen LogP contribution in [-0.4, -0.2) is 51.3 Å². The Labute approximate surface area is 232 Å². The van der Waals surface area contributed by atoms with Crippen LogP contribution < -0.4 is 0 Å². The standard InChI is InChI=1S/C28H30F7N5O/c1-16(20-12-21(27(30,31)32)14-22(13-20)28(33,34)35)41-24-7-4-19(25(24)17-2-5-23(29)6-3-17)15-40-10-8-18(9-11-40)26-36-38-39-37-26/h2-3,5-6,12-14,16,18-19,24-25H,4,7-11,15H2,1H3,(H,36,37,38,39)/t16-,19?,24?,25?/m1/s1. The molecule has 1 N–H and O–H groups in total. The minimum Gasteiger partial charge on any atom is -0.370 e. The molecular formula is C28H30F7N5O. The highest BCUT2D eigenvalue weighted by atomic mass is 19.4. The van der Waals surface area contributed by atoms with E-state index in [0.717, 1.165) is 44.5 Å². The Morgan fingerprint density at radius 2 is 1.56 bits per heavy atom. The molecule has 1 aliphatic heterocycles. The van der Waals surface area contributed by atoms with Gasteiger partial charge >= 0.3 is 12.4 Å². The van der Waals surface area contributed by atoms with Crippen LogP contribution in [0.25, 0.3) is 0 Å². The Kier molecular flexibility index (Phi) is 8.38. The fraction of sp³-hybridized carbons (Fsp3) is 0.536. The van der Waals surface area contributed by atoms with Crippen molar-refractivity contribution in [3.05, 3.63) is 76.4 Å². The van der Waals surface area contributed by atoms with Gasteiger partial charge in [0.25, 0.3) is 0 Å². The van der Waals surface area contributed by atoms with Gasteiger partial charge in [-0.1, -0.05) is 17.3 Å². The number of hydrogen-bond donors (Lipinski definition) is 1. The Bertz CT molecular complexity index is 1260. The van der Waals surface area contributed by atoms with Crippen LogP contribution in [0.15, 0.2) is 42.5 Å². The molecule has 4 atom stereocenters. The first-order chi connectivity index (χ1) is 19.4. The molecule has 1 saturated carbocycles. The maximum absolute atomic E-state index is 13.8. The smallest absolute Gasteiger partial charge is 0.370 e. The van der Waals surface area contributed by atoms with Gasteiger partial charge in [-0.3, -0.25) is 0 Å². The predicted molar refractivity (Wildman–Crippen MR) is 134 cm³/mol. The number of ether oxygens (including phenoxy) is 1. The summed E-state index contributed by atoms with van der Waals surface area (Å²) in [5.74, 6) is 0.404. The Morgan fingerprint density at radius 1 is 0.927 bits per heavy atom. The van der Waals surface area contributed by atoms with Crippen molar-refractivity contribution in [3.63, 3.8) is 0 Å². The summed E-state index contributed by atoms with van der Waals surface area (Å²) >= 11 is 0. The van der Waals surface area contributed by atoms with E-state index in [1.165, 1.54) is 19.1 Å². The third-order valence-electron chi connectivity index (χ3n) is 8.25. The van der Waals surface area contributed by atoms with Gasteiger partial charge in [0.05, 0.1) is 23.3 Å². The van der Waals surface area contributed by atoms with Gasteiger partial charge in [-0.2, -0.15) is 31.6 Å². The number of benzene rings is 2. The third kappa shape index (κ3) is 6.88. The van der Waals surface area contributed by atoms with Crippen LogP contribution in [0.4, 0.5) is 30.7 Å². The Balaban J connectivity index is 1.34. The molecule has 0 amide bonds. The lowest BCUT2D eigenvalue weighted by molar-refractivity contribution is -0.143.